The molecule has 1 amide bonds. The first-order chi connectivity index (χ1) is 10.1. The maximum atomic E-state index is 12.3. The number of carboxylic acid groups (broad SMARTS) is 1. The number of nitrogens with one attached hydrogen (secondary N) is 2. The average Bonchev–Trinajstić information content (AvgIpc) is 2.76. The normalized spacial score (nSPS) is 18.6. The monoisotopic (exact) mass is 292 g/mol. The number of aromatic carboxylic acids is 1. The Morgan fingerprint density at radius 2 is 2.14 bits per heavy atom. The fourth-order valence-corrected chi connectivity index (χ4v) is 2.41. The van der Waals surface area contributed by atoms with E-state index >= 15 is 0 Å². The van der Waals surface area contributed by atoms with E-state index < -0.39 is 5.97 Å². The van der Waals surface area contributed by atoms with Crippen molar-refractivity contribution in [3.63, 3.8) is 0 Å². The van der Waals surface area contributed by atoms with Crippen LogP contribution >= 0.6 is 0 Å². The zero-order valence-electron chi connectivity index (χ0n) is 12.0. The van der Waals surface area contributed by atoms with Crippen molar-refractivity contribution in [1.82, 2.24) is 5.32 Å². The summed E-state index contributed by atoms with van der Waals surface area (Å²) < 4.78 is 5.16. The molecule has 1 atom stereocenters. The van der Waals surface area contributed by atoms with Gasteiger partial charge < -0.3 is 20.5 Å². The predicted molar refractivity (Wildman–Crippen MR) is 78.8 cm³/mol. The van der Waals surface area contributed by atoms with Crippen LogP contribution in [0, 0.1) is 0 Å². The quantitative estimate of drug-likeness (QED) is 0.788. The molecule has 0 saturated carbocycles. The summed E-state index contributed by atoms with van der Waals surface area (Å²) >= 11 is 0. The van der Waals surface area contributed by atoms with Crippen molar-refractivity contribution in [1.29, 1.82) is 0 Å². The SMILES string of the molecule is COc1ccc(C(=O)O)cc1NC(=O)C1CCCCCN1. The Kier molecular flexibility index (Phi) is 5.16. The highest BCUT2D eigenvalue weighted by atomic mass is 16.5. The zero-order chi connectivity index (χ0) is 15.2. The summed E-state index contributed by atoms with van der Waals surface area (Å²) in [6, 6.07) is 4.15. The molecule has 0 aliphatic carbocycles. The molecule has 0 bridgehead atoms. The van der Waals surface area contributed by atoms with Crippen molar-refractivity contribution in [2.24, 2.45) is 0 Å². The summed E-state index contributed by atoms with van der Waals surface area (Å²) in [5.41, 5.74) is 0.494. The Bertz CT molecular complexity index is 522. The highest BCUT2D eigenvalue weighted by Gasteiger charge is 2.21. The lowest BCUT2D eigenvalue weighted by Crippen LogP contribution is -2.39. The summed E-state index contributed by atoms with van der Waals surface area (Å²) in [6.45, 7) is 0.824. The van der Waals surface area contributed by atoms with Crippen LogP contribution in [0.1, 0.15) is 36.0 Å². The first-order valence-electron chi connectivity index (χ1n) is 7.07. The van der Waals surface area contributed by atoms with Crippen LogP contribution in [0.25, 0.3) is 0 Å². The number of rotatable bonds is 4. The third-order valence-corrected chi connectivity index (χ3v) is 3.58. The van der Waals surface area contributed by atoms with Gasteiger partial charge in [-0.05, 0) is 37.6 Å². The molecule has 1 aliphatic heterocycles. The number of hydrogen-bond acceptors (Lipinski definition) is 4. The Morgan fingerprint density at radius 1 is 1.33 bits per heavy atom. The van der Waals surface area contributed by atoms with E-state index in [-0.39, 0.29) is 17.5 Å². The van der Waals surface area contributed by atoms with Crippen molar-refractivity contribution in [2.75, 3.05) is 19.0 Å². The van der Waals surface area contributed by atoms with Gasteiger partial charge in [-0.3, -0.25) is 4.79 Å². The number of anilines is 1. The number of carboxylic acids is 1. The van der Waals surface area contributed by atoms with E-state index in [1.165, 1.54) is 19.2 Å². The summed E-state index contributed by atoms with van der Waals surface area (Å²) in [5.74, 6) is -0.750. The molecule has 21 heavy (non-hydrogen) atoms. The van der Waals surface area contributed by atoms with Crippen LogP contribution in [0.15, 0.2) is 18.2 Å². The van der Waals surface area contributed by atoms with Crippen molar-refractivity contribution < 1.29 is 19.4 Å². The van der Waals surface area contributed by atoms with E-state index in [1.54, 1.807) is 6.07 Å². The number of ether oxygens (including phenoxy) is 1. The average molecular weight is 292 g/mol. The fourth-order valence-electron chi connectivity index (χ4n) is 2.41. The van der Waals surface area contributed by atoms with Gasteiger partial charge in [0.15, 0.2) is 0 Å². The molecule has 1 unspecified atom stereocenters. The third-order valence-electron chi connectivity index (χ3n) is 3.58. The van der Waals surface area contributed by atoms with Gasteiger partial charge in [0.05, 0.1) is 24.4 Å². The summed E-state index contributed by atoms with van der Waals surface area (Å²) in [6.07, 6.45) is 3.99. The molecule has 114 valence electrons. The van der Waals surface area contributed by atoms with Gasteiger partial charge >= 0.3 is 5.97 Å². The first kappa shape index (κ1) is 15.3. The molecule has 0 aromatic heterocycles. The lowest BCUT2D eigenvalue weighted by molar-refractivity contribution is -0.118. The molecule has 3 N–H and O–H groups in total. The van der Waals surface area contributed by atoms with E-state index in [0.717, 1.165) is 32.2 Å². The second-order valence-corrected chi connectivity index (χ2v) is 5.07. The topological polar surface area (TPSA) is 87.7 Å². The summed E-state index contributed by atoms with van der Waals surface area (Å²) in [4.78, 5) is 23.3. The maximum absolute atomic E-state index is 12.3. The molecule has 0 radical (unpaired) electrons. The summed E-state index contributed by atoms with van der Waals surface area (Å²) in [5, 5.41) is 15.0. The first-order valence-corrected chi connectivity index (χ1v) is 7.07. The second-order valence-electron chi connectivity index (χ2n) is 5.07. The molecule has 0 spiro atoms. The molecule has 1 saturated heterocycles. The van der Waals surface area contributed by atoms with Crippen molar-refractivity contribution >= 4 is 17.6 Å². The van der Waals surface area contributed by atoms with Gasteiger partial charge in [0.25, 0.3) is 0 Å². The van der Waals surface area contributed by atoms with Gasteiger partial charge in [-0.25, -0.2) is 4.79 Å². The second kappa shape index (κ2) is 7.08. The number of amides is 1. The van der Waals surface area contributed by atoms with Crippen molar-refractivity contribution in [2.45, 2.75) is 31.7 Å². The van der Waals surface area contributed by atoms with Gasteiger partial charge in [-0.1, -0.05) is 12.8 Å². The lowest BCUT2D eigenvalue weighted by Gasteiger charge is -2.17. The minimum absolute atomic E-state index is 0.111. The molecule has 2 rings (SSSR count). The van der Waals surface area contributed by atoms with Crippen molar-refractivity contribution in [3.8, 4) is 5.75 Å². The van der Waals surface area contributed by atoms with Crippen LogP contribution in [0.2, 0.25) is 0 Å². The van der Waals surface area contributed by atoms with Gasteiger partial charge in [0, 0.05) is 0 Å². The highest BCUT2D eigenvalue weighted by Crippen LogP contribution is 2.26. The van der Waals surface area contributed by atoms with E-state index in [1.807, 2.05) is 0 Å². The van der Waals surface area contributed by atoms with Crippen LogP contribution in [0.3, 0.4) is 0 Å². The highest BCUT2D eigenvalue weighted by molar-refractivity contribution is 5.98. The molecule has 1 aromatic carbocycles. The lowest BCUT2D eigenvalue weighted by atomic mass is 10.1. The number of carbonyl (C=O) groups excluding carboxylic acids is 1. The molecule has 6 heteroatoms. The third kappa shape index (κ3) is 3.95. The zero-order valence-corrected chi connectivity index (χ0v) is 12.0. The fraction of sp³-hybridized carbons (Fsp3) is 0.467. The molecule has 1 heterocycles. The van der Waals surface area contributed by atoms with Gasteiger partial charge in [-0.2, -0.15) is 0 Å². The van der Waals surface area contributed by atoms with Crippen LogP contribution < -0.4 is 15.4 Å². The van der Waals surface area contributed by atoms with Crippen LogP contribution in [-0.4, -0.2) is 36.7 Å². The molecular weight excluding hydrogens is 272 g/mol. The predicted octanol–water partition coefficient (Wildman–Crippen LogP) is 1.86. The molecule has 1 fully saturated rings. The minimum Gasteiger partial charge on any atom is -0.495 e. The standard InChI is InChI=1S/C15H20N2O4/c1-21-13-7-6-10(15(19)20)9-12(13)17-14(18)11-5-3-2-4-8-16-11/h6-7,9,11,16H,2-5,8H2,1H3,(H,17,18)(H,19,20). The van der Waals surface area contributed by atoms with Crippen LogP contribution in [-0.2, 0) is 4.79 Å². The van der Waals surface area contributed by atoms with Crippen LogP contribution in [0.4, 0.5) is 5.69 Å². The van der Waals surface area contributed by atoms with Crippen LogP contribution in [0.5, 0.6) is 5.75 Å². The Morgan fingerprint density at radius 3 is 2.86 bits per heavy atom. The Labute approximate surface area is 123 Å². The van der Waals surface area contributed by atoms with E-state index in [2.05, 4.69) is 10.6 Å². The maximum Gasteiger partial charge on any atom is 0.335 e. The van der Waals surface area contributed by atoms with E-state index in [4.69, 9.17) is 9.84 Å². The number of carbonyl (C=O) groups is 2. The summed E-state index contributed by atoms with van der Waals surface area (Å²) in [7, 11) is 1.48. The Hall–Kier alpha value is -2.08. The number of methoxy groups -OCH3 is 1. The molecule has 1 aromatic rings. The van der Waals surface area contributed by atoms with E-state index in [9.17, 15) is 9.59 Å². The van der Waals surface area contributed by atoms with Gasteiger partial charge in [-0.15, -0.1) is 0 Å². The van der Waals surface area contributed by atoms with Gasteiger partial charge in [0.1, 0.15) is 5.75 Å². The molecular formula is C15H20N2O4. The van der Waals surface area contributed by atoms with Crippen molar-refractivity contribution in [3.05, 3.63) is 23.8 Å². The van der Waals surface area contributed by atoms with Gasteiger partial charge in [0.2, 0.25) is 5.91 Å². The molecule has 6 nitrogen and oxygen atoms in total. The number of hydrogen-bond donors (Lipinski definition) is 3. The Balaban J connectivity index is 2.14. The molecule has 1 aliphatic rings. The number of benzene rings is 1. The minimum atomic E-state index is -1.04. The van der Waals surface area contributed by atoms with E-state index in [0.29, 0.717) is 11.4 Å². The smallest absolute Gasteiger partial charge is 0.335 e. The largest absolute Gasteiger partial charge is 0.495 e.